The molecule has 1 atom stereocenters. The summed E-state index contributed by atoms with van der Waals surface area (Å²) in [4.78, 5) is 0. The van der Waals surface area contributed by atoms with Gasteiger partial charge in [-0.3, -0.25) is 0 Å². The predicted octanol–water partition coefficient (Wildman–Crippen LogP) is 0.982. The Morgan fingerprint density at radius 1 is 1.47 bits per heavy atom. The van der Waals surface area contributed by atoms with Crippen LogP contribution in [0.5, 0.6) is 17.2 Å². The molecule has 2 aliphatic heterocycles. The van der Waals surface area contributed by atoms with Crippen molar-refractivity contribution < 1.29 is 19.3 Å². The molecule has 0 saturated carbocycles. The molecular weight excluding hydrogens is 246 g/mol. The molecule has 17 heavy (non-hydrogen) atoms. The highest BCUT2D eigenvalue weighted by Crippen LogP contribution is 2.46. The number of ether oxygens (including phenoxy) is 3. The fourth-order valence-electron chi connectivity index (χ4n) is 2.21. The van der Waals surface area contributed by atoms with E-state index in [1.165, 1.54) is 0 Å². The molecule has 5 nitrogen and oxygen atoms in total. The second-order valence-corrected chi connectivity index (χ2v) is 3.86. The topological polar surface area (TPSA) is 60.0 Å². The second kappa shape index (κ2) is 4.60. The first-order valence-electron chi connectivity index (χ1n) is 5.19. The molecule has 0 aliphatic carbocycles. The van der Waals surface area contributed by atoms with Crippen LogP contribution in [-0.4, -0.2) is 25.6 Å². The number of aliphatic hydroxyl groups is 1. The highest BCUT2D eigenvalue weighted by atomic mass is 35.5. The Kier molecular flexibility index (Phi) is 3.33. The average molecular weight is 260 g/mol. The summed E-state index contributed by atoms with van der Waals surface area (Å²) in [6.07, 6.45) is -0.521. The molecule has 1 aromatic rings. The molecule has 2 N–H and O–H groups in total. The SMILES string of the molecule is COc1c2c(cc3c1OCO3)C(O)CNC2.Cl. The van der Waals surface area contributed by atoms with E-state index in [-0.39, 0.29) is 19.2 Å². The molecule has 6 heteroatoms. The number of aliphatic hydroxyl groups excluding tert-OH is 1. The molecule has 0 bridgehead atoms. The van der Waals surface area contributed by atoms with Gasteiger partial charge in [-0.1, -0.05) is 0 Å². The zero-order valence-electron chi connectivity index (χ0n) is 9.36. The fraction of sp³-hybridized carbons (Fsp3) is 0.455. The zero-order valence-corrected chi connectivity index (χ0v) is 10.2. The van der Waals surface area contributed by atoms with E-state index in [4.69, 9.17) is 14.2 Å². The lowest BCUT2D eigenvalue weighted by atomic mass is 9.97. The lowest BCUT2D eigenvalue weighted by Crippen LogP contribution is -2.28. The maximum absolute atomic E-state index is 9.90. The number of nitrogens with one attached hydrogen (secondary N) is 1. The average Bonchev–Trinajstić information content (AvgIpc) is 2.75. The van der Waals surface area contributed by atoms with E-state index in [2.05, 4.69) is 5.32 Å². The fourth-order valence-corrected chi connectivity index (χ4v) is 2.21. The molecular formula is C11H14ClNO4. The van der Waals surface area contributed by atoms with E-state index in [9.17, 15) is 5.11 Å². The van der Waals surface area contributed by atoms with Gasteiger partial charge in [0.15, 0.2) is 11.5 Å². The molecule has 0 saturated heterocycles. The first-order valence-corrected chi connectivity index (χ1v) is 5.19. The largest absolute Gasteiger partial charge is 0.492 e. The van der Waals surface area contributed by atoms with Crippen molar-refractivity contribution in [1.82, 2.24) is 5.32 Å². The van der Waals surface area contributed by atoms with Gasteiger partial charge >= 0.3 is 0 Å². The van der Waals surface area contributed by atoms with Crippen molar-refractivity contribution in [3.63, 3.8) is 0 Å². The summed E-state index contributed by atoms with van der Waals surface area (Å²) in [5.74, 6) is 1.95. The molecule has 1 aromatic carbocycles. The van der Waals surface area contributed by atoms with Gasteiger partial charge in [-0.05, 0) is 11.6 Å². The van der Waals surface area contributed by atoms with Gasteiger partial charge in [0, 0.05) is 18.7 Å². The number of hydrogen-bond donors (Lipinski definition) is 2. The number of fused-ring (bicyclic) bond motifs is 2. The Hall–Kier alpha value is -1.17. The van der Waals surface area contributed by atoms with Crippen molar-refractivity contribution in [2.24, 2.45) is 0 Å². The number of hydrogen-bond acceptors (Lipinski definition) is 5. The molecule has 94 valence electrons. The van der Waals surface area contributed by atoms with Crippen LogP contribution in [-0.2, 0) is 6.54 Å². The van der Waals surface area contributed by atoms with Crippen LogP contribution in [0.4, 0.5) is 0 Å². The van der Waals surface area contributed by atoms with Crippen LogP contribution in [0, 0.1) is 0 Å². The van der Waals surface area contributed by atoms with Gasteiger partial charge < -0.3 is 24.6 Å². The summed E-state index contributed by atoms with van der Waals surface area (Å²) in [7, 11) is 1.60. The number of β-amino-alcohol motifs (C(OH)–C–C–N with tert-alkyl or cyclic N) is 1. The van der Waals surface area contributed by atoms with Crippen LogP contribution in [0.2, 0.25) is 0 Å². The smallest absolute Gasteiger partial charge is 0.231 e. The van der Waals surface area contributed by atoms with Crippen molar-refractivity contribution in [3.05, 3.63) is 17.2 Å². The van der Waals surface area contributed by atoms with E-state index in [0.29, 0.717) is 30.3 Å². The summed E-state index contributed by atoms with van der Waals surface area (Å²) < 4.78 is 16.0. The Balaban J connectivity index is 0.00000108. The Labute approximate surface area is 105 Å². The molecule has 3 rings (SSSR count). The Morgan fingerprint density at radius 2 is 2.29 bits per heavy atom. The minimum absolute atomic E-state index is 0. The van der Waals surface area contributed by atoms with Crippen LogP contribution in [0.25, 0.3) is 0 Å². The molecule has 0 radical (unpaired) electrons. The van der Waals surface area contributed by atoms with Gasteiger partial charge in [0.1, 0.15) is 0 Å². The molecule has 2 heterocycles. The van der Waals surface area contributed by atoms with Crippen LogP contribution >= 0.6 is 12.4 Å². The van der Waals surface area contributed by atoms with Crippen molar-refractivity contribution in [2.75, 3.05) is 20.4 Å². The van der Waals surface area contributed by atoms with Crippen molar-refractivity contribution in [2.45, 2.75) is 12.6 Å². The summed E-state index contributed by atoms with van der Waals surface area (Å²) >= 11 is 0. The third-order valence-corrected chi connectivity index (χ3v) is 2.96. The van der Waals surface area contributed by atoms with E-state index in [1.807, 2.05) is 6.07 Å². The third kappa shape index (κ3) is 1.80. The summed E-state index contributed by atoms with van der Waals surface area (Å²) in [5.41, 5.74) is 1.81. The van der Waals surface area contributed by atoms with Crippen LogP contribution < -0.4 is 19.5 Å². The molecule has 0 amide bonds. The van der Waals surface area contributed by atoms with Crippen molar-refractivity contribution in [3.8, 4) is 17.2 Å². The molecule has 0 spiro atoms. The molecule has 0 aromatic heterocycles. The first kappa shape index (κ1) is 12.3. The maximum atomic E-state index is 9.90. The second-order valence-electron chi connectivity index (χ2n) is 3.86. The summed E-state index contributed by atoms with van der Waals surface area (Å²) in [5, 5.41) is 13.0. The number of methoxy groups -OCH3 is 1. The monoisotopic (exact) mass is 259 g/mol. The highest BCUT2D eigenvalue weighted by molar-refractivity contribution is 5.85. The van der Waals surface area contributed by atoms with Crippen molar-refractivity contribution in [1.29, 1.82) is 0 Å². The van der Waals surface area contributed by atoms with Gasteiger partial charge in [0.05, 0.1) is 13.2 Å². The molecule has 2 aliphatic rings. The van der Waals surface area contributed by atoms with Crippen molar-refractivity contribution >= 4 is 12.4 Å². The number of benzene rings is 1. The quantitative estimate of drug-likeness (QED) is 0.787. The van der Waals surface area contributed by atoms with Gasteiger partial charge in [-0.15, -0.1) is 12.4 Å². The van der Waals surface area contributed by atoms with Gasteiger partial charge in [-0.25, -0.2) is 0 Å². The molecule has 1 unspecified atom stereocenters. The highest BCUT2D eigenvalue weighted by Gasteiger charge is 2.29. The minimum atomic E-state index is -0.521. The van der Waals surface area contributed by atoms with E-state index >= 15 is 0 Å². The first-order chi connectivity index (χ1) is 7.81. The zero-order chi connectivity index (χ0) is 11.1. The standard InChI is InChI=1S/C11H13NO4.ClH/c1-14-10-7-3-12-4-8(13)6(7)2-9-11(10)16-5-15-9;/h2,8,12-13H,3-5H2,1H3;1H. The van der Waals surface area contributed by atoms with E-state index < -0.39 is 6.10 Å². The minimum Gasteiger partial charge on any atom is -0.492 e. The van der Waals surface area contributed by atoms with Gasteiger partial charge in [-0.2, -0.15) is 0 Å². The Morgan fingerprint density at radius 3 is 3.06 bits per heavy atom. The Bertz CT molecular complexity index is 438. The lowest BCUT2D eigenvalue weighted by Gasteiger charge is -2.24. The normalized spacial score (nSPS) is 20.5. The predicted molar refractivity (Wildman–Crippen MR) is 63.0 cm³/mol. The summed E-state index contributed by atoms with van der Waals surface area (Å²) in [6, 6.07) is 1.84. The molecule has 0 fully saturated rings. The maximum Gasteiger partial charge on any atom is 0.231 e. The number of rotatable bonds is 1. The van der Waals surface area contributed by atoms with E-state index in [1.54, 1.807) is 7.11 Å². The van der Waals surface area contributed by atoms with Gasteiger partial charge in [0.25, 0.3) is 0 Å². The third-order valence-electron chi connectivity index (χ3n) is 2.96. The summed E-state index contributed by atoms with van der Waals surface area (Å²) in [6.45, 7) is 1.43. The van der Waals surface area contributed by atoms with Crippen LogP contribution in [0.15, 0.2) is 6.07 Å². The lowest BCUT2D eigenvalue weighted by molar-refractivity contribution is 0.163. The van der Waals surface area contributed by atoms with Gasteiger partial charge in [0.2, 0.25) is 12.5 Å². The number of halogens is 1. The van der Waals surface area contributed by atoms with E-state index in [0.717, 1.165) is 11.1 Å². The van der Waals surface area contributed by atoms with Crippen LogP contribution in [0.1, 0.15) is 17.2 Å². The van der Waals surface area contributed by atoms with Crippen LogP contribution in [0.3, 0.4) is 0 Å².